The van der Waals surface area contributed by atoms with E-state index in [9.17, 15) is 0 Å². The van der Waals surface area contributed by atoms with Crippen LogP contribution in [0.15, 0.2) is 24.1 Å². The molecule has 0 N–H and O–H groups in total. The first-order chi connectivity index (χ1) is 16.7. The average molecular weight is 704 g/mol. The van der Waals surface area contributed by atoms with Crippen LogP contribution in [0.3, 0.4) is 0 Å². The van der Waals surface area contributed by atoms with Crippen molar-refractivity contribution in [3.05, 3.63) is 24.1 Å². The summed E-state index contributed by atoms with van der Waals surface area (Å²) in [6, 6.07) is 0.912. The summed E-state index contributed by atoms with van der Waals surface area (Å²) in [5.41, 5.74) is 4.38. The molecule has 1 unspecified atom stereocenters. The molecule has 0 saturated carbocycles. The van der Waals surface area contributed by atoms with Gasteiger partial charge in [-0.25, -0.2) is 0 Å². The minimum absolute atomic E-state index is 0.536. The Balaban J connectivity index is 4.96. The summed E-state index contributed by atoms with van der Waals surface area (Å²) < 4.78 is 39.6. The molecule has 0 bridgehead atoms. The van der Waals surface area contributed by atoms with Crippen molar-refractivity contribution in [1.82, 2.24) is 0 Å². The Hall–Kier alpha value is 1.41. The lowest BCUT2D eigenvalue weighted by molar-refractivity contribution is 0.332. The normalized spacial score (nSPS) is 16.8. The van der Waals surface area contributed by atoms with Gasteiger partial charge in [0.05, 0.1) is 0 Å². The van der Waals surface area contributed by atoms with Gasteiger partial charge in [0.2, 0.25) is 0 Å². The third-order valence-electron chi connectivity index (χ3n) is 5.90. The maximum atomic E-state index is 6.85. The minimum Gasteiger partial charge on any atom is -0.461 e. The van der Waals surface area contributed by atoms with Gasteiger partial charge in [-0.2, -0.15) is 0 Å². The van der Waals surface area contributed by atoms with E-state index in [1.54, 1.807) is 0 Å². The predicted octanol–water partition coefficient (Wildman–Crippen LogP) is 5.55. The number of allylic oxidation sites excluding steroid dienone is 1. The summed E-state index contributed by atoms with van der Waals surface area (Å²) in [4.78, 5) is 0. The molecule has 0 aromatic rings. The third kappa shape index (κ3) is 18.8. The summed E-state index contributed by atoms with van der Waals surface area (Å²) >= 11 is 0. The summed E-state index contributed by atoms with van der Waals surface area (Å²) in [5, 5.41) is 1.13. The first-order valence-corrected chi connectivity index (χ1v) is 40.0. The van der Waals surface area contributed by atoms with Gasteiger partial charge in [-0.1, -0.05) is 12.3 Å². The Bertz CT molecular complexity index is 765. The van der Waals surface area contributed by atoms with E-state index in [2.05, 4.69) is 111 Å². The van der Waals surface area contributed by atoms with Crippen molar-refractivity contribution in [2.45, 2.75) is 116 Å². The van der Waals surface area contributed by atoms with E-state index in [0.29, 0.717) is 0 Å². The predicted molar refractivity (Wildman–Crippen MR) is 194 cm³/mol. The van der Waals surface area contributed by atoms with Crippen LogP contribution < -0.4 is 0 Å². The molecule has 0 heterocycles. The largest absolute Gasteiger partial charge is 0.461 e. The van der Waals surface area contributed by atoms with Gasteiger partial charge in [0.15, 0.2) is 41.6 Å². The molecule has 226 valence electrons. The Morgan fingerprint density at radius 2 is 1.03 bits per heavy atom. The van der Waals surface area contributed by atoms with Crippen LogP contribution >= 0.6 is 0 Å². The lowest BCUT2D eigenvalue weighted by Crippen LogP contribution is -2.58. The second kappa shape index (κ2) is 15.2. The van der Waals surface area contributed by atoms with Crippen molar-refractivity contribution in [3.63, 3.8) is 0 Å². The highest BCUT2D eigenvalue weighted by Gasteiger charge is 2.46. The molecule has 1 atom stereocenters. The molecule has 6 nitrogen and oxygen atoms in total. The van der Waals surface area contributed by atoms with E-state index in [0.717, 1.165) is 11.2 Å². The van der Waals surface area contributed by atoms with E-state index in [-0.39, 0.29) is 0 Å². The van der Waals surface area contributed by atoms with Gasteiger partial charge < -0.3 is 24.7 Å². The SMILES string of the molecule is C=C[Si](C)(C)O[SiH2]C[Si](C)(C)O[SiH2]C[Si](C)(C)O[SiH2]CC(=C)[Si](C)(O[Si](C)(C)C)O[Si](C)(C)O[Si](C)(C)C. The highest BCUT2D eigenvalue weighted by atomic mass is 28.5. The molecule has 0 saturated heterocycles. The Kier molecular flexibility index (Phi) is 15.8. The molecular weight excluding hydrogens is 641 g/mol. The highest BCUT2D eigenvalue weighted by molar-refractivity contribution is 6.92. The molecule has 0 fully saturated rings. The van der Waals surface area contributed by atoms with Gasteiger partial charge in [-0.05, 0) is 121 Å². The van der Waals surface area contributed by atoms with Gasteiger partial charge in [0.1, 0.15) is 29.3 Å². The van der Waals surface area contributed by atoms with Gasteiger partial charge >= 0.3 is 17.1 Å². The number of hydrogen-bond acceptors (Lipinski definition) is 6. The van der Waals surface area contributed by atoms with E-state index in [1.807, 2.05) is 5.70 Å². The molecule has 0 spiro atoms. The van der Waals surface area contributed by atoms with Crippen molar-refractivity contribution in [1.29, 1.82) is 0 Å². The van der Waals surface area contributed by atoms with Crippen molar-refractivity contribution in [3.8, 4) is 0 Å². The molecule has 0 aliphatic rings. The van der Waals surface area contributed by atoms with E-state index < -0.39 is 88.0 Å². The molecule has 0 aromatic carbocycles. The van der Waals surface area contributed by atoms with E-state index in [1.165, 1.54) is 11.3 Å². The van der Waals surface area contributed by atoms with Crippen LogP contribution in [0.5, 0.6) is 0 Å². The second-order valence-corrected chi connectivity index (χ2v) is 50.7. The van der Waals surface area contributed by atoms with Crippen LogP contribution in [0.4, 0.5) is 0 Å². The molecule has 16 heteroatoms. The zero-order chi connectivity index (χ0) is 30.3. The van der Waals surface area contributed by atoms with Crippen LogP contribution in [0.1, 0.15) is 0 Å². The number of rotatable bonds is 20. The van der Waals surface area contributed by atoms with Gasteiger partial charge in [0.25, 0.3) is 0 Å². The van der Waals surface area contributed by atoms with Crippen LogP contribution in [0.2, 0.25) is 116 Å². The monoisotopic (exact) mass is 702 g/mol. The smallest absolute Gasteiger partial charge is 0.345 e. The van der Waals surface area contributed by atoms with Crippen molar-refractivity contribution >= 4 is 88.0 Å². The maximum Gasteiger partial charge on any atom is 0.345 e. The molecule has 0 aromatic heterocycles. The molecule has 0 rings (SSSR count). The van der Waals surface area contributed by atoms with Crippen LogP contribution in [-0.2, 0) is 24.7 Å². The lowest BCUT2D eigenvalue weighted by Gasteiger charge is -2.42. The lowest BCUT2D eigenvalue weighted by atomic mass is 10.7. The highest BCUT2D eigenvalue weighted by Crippen LogP contribution is 2.30. The van der Waals surface area contributed by atoms with Crippen molar-refractivity contribution < 1.29 is 24.7 Å². The fraction of sp³-hybridized carbons (Fsp3) is 0.818. The summed E-state index contributed by atoms with van der Waals surface area (Å²) in [7, 11) is -15.4. The molecule has 0 aliphatic carbocycles. The van der Waals surface area contributed by atoms with Crippen LogP contribution in [0.25, 0.3) is 0 Å². The molecule has 0 aliphatic heterocycles. The van der Waals surface area contributed by atoms with Crippen LogP contribution in [0, 0.1) is 0 Å². The van der Waals surface area contributed by atoms with Crippen molar-refractivity contribution in [2.75, 3.05) is 0 Å². The fourth-order valence-electron chi connectivity index (χ4n) is 3.99. The molecule has 0 amide bonds. The zero-order valence-corrected chi connectivity index (χ0v) is 38.9. The first kappa shape index (κ1) is 39.4. The molecule has 38 heavy (non-hydrogen) atoms. The first-order valence-electron chi connectivity index (χ1n) is 14.1. The second-order valence-electron chi connectivity index (χ2n) is 14.6. The topological polar surface area (TPSA) is 55.4 Å². The third-order valence-corrected chi connectivity index (χ3v) is 44.6. The summed E-state index contributed by atoms with van der Waals surface area (Å²) in [6.07, 6.45) is 0. The average Bonchev–Trinajstić information content (AvgIpc) is 2.62. The summed E-state index contributed by atoms with van der Waals surface area (Å²) in [6.45, 7) is 42.2. The maximum absolute atomic E-state index is 6.85. The Morgan fingerprint density at radius 1 is 0.605 bits per heavy atom. The minimum atomic E-state index is -2.62. The Labute approximate surface area is 251 Å². The standard InChI is InChI=1S/C22H62O6Si10/c1-18-34(9,10)24-30-20-36(13,14)25-31-21-35(11,12)23-29-19-22(2)38(17,27-33(6,7)8)28-37(15,16)26-32(3,4)5/h18H,1-2,19-21,29-31H2,3-17H3. The van der Waals surface area contributed by atoms with Gasteiger partial charge in [-0.15, -0.1) is 6.58 Å². The van der Waals surface area contributed by atoms with Gasteiger partial charge in [0, 0.05) is 0 Å². The Morgan fingerprint density at radius 3 is 1.45 bits per heavy atom. The van der Waals surface area contributed by atoms with E-state index >= 15 is 0 Å². The van der Waals surface area contributed by atoms with Crippen LogP contribution in [-0.4, -0.2) is 88.0 Å². The van der Waals surface area contributed by atoms with Gasteiger partial charge in [-0.3, -0.25) is 0 Å². The molecular formula is C22H62O6Si10. The van der Waals surface area contributed by atoms with Crippen molar-refractivity contribution in [2.24, 2.45) is 0 Å². The number of hydrogen-bond donors (Lipinski definition) is 0. The summed E-state index contributed by atoms with van der Waals surface area (Å²) in [5.74, 6) is 0. The zero-order valence-electron chi connectivity index (χ0n) is 27.7. The quantitative estimate of drug-likeness (QED) is 0.155. The fourth-order valence-corrected chi connectivity index (χ4v) is 40.7. The molecule has 0 radical (unpaired) electrons. The van der Waals surface area contributed by atoms with E-state index in [4.69, 9.17) is 24.7 Å².